The summed E-state index contributed by atoms with van der Waals surface area (Å²) in [5.41, 5.74) is 2.10. The Balaban J connectivity index is 2.15. The Morgan fingerprint density at radius 2 is 1.86 bits per heavy atom. The molecule has 9 heteroatoms. The summed E-state index contributed by atoms with van der Waals surface area (Å²) in [6.07, 6.45) is -3.70. The molecule has 0 aliphatic carbocycles. The van der Waals surface area contributed by atoms with Crippen molar-refractivity contribution in [1.82, 2.24) is 9.97 Å². The minimum Gasteiger partial charge on any atom is -0.365 e. The van der Waals surface area contributed by atoms with Gasteiger partial charge in [0, 0.05) is 15.8 Å². The minimum atomic E-state index is -4.62. The Hall–Kier alpha value is -1.87. The normalized spacial score (nSPS) is 11.5. The number of nitrogens with two attached hydrogens (primary N) is 1. The van der Waals surface area contributed by atoms with E-state index in [2.05, 4.69) is 20.7 Å². The maximum Gasteiger partial charge on any atom is 0.451 e. The highest BCUT2D eigenvalue weighted by atomic mass is 32.1. The van der Waals surface area contributed by atoms with Gasteiger partial charge < -0.3 is 10.7 Å². The minimum absolute atomic E-state index is 0.0664. The van der Waals surface area contributed by atoms with Crippen molar-refractivity contribution < 1.29 is 13.2 Å². The van der Waals surface area contributed by atoms with E-state index in [-0.39, 0.29) is 11.6 Å². The molecule has 0 spiro atoms. The fourth-order valence-electron chi connectivity index (χ4n) is 1.62. The van der Waals surface area contributed by atoms with E-state index in [1.165, 1.54) is 10.9 Å². The number of anilines is 2. The Kier molecular flexibility index (Phi) is 4.63. The molecule has 2 heterocycles. The Labute approximate surface area is 123 Å². The molecule has 0 amide bonds. The molecule has 0 bridgehead atoms. The number of nitrogen functional groups attached to an aromatic ring is 1. The quantitative estimate of drug-likeness (QED) is 0.584. The summed E-state index contributed by atoms with van der Waals surface area (Å²) in [6.45, 7) is 2.44. The fourth-order valence-corrected chi connectivity index (χ4v) is 2.52. The number of alkyl halides is 3. The van der Waals surface area contributed by atoms with Crippen molar-refractivity contribution in [2.75, 3.05) is 10.7 Å². The van der Waals surface area contributed by atoms with Crippen LogP contribution in [-0.2, 0) is 19.1 Å². The molecule has 4 N–H and O–H groups in total. The molecule has 2 aromatic rings. The van der Waals surface area contributed by atoms with Crippen molar-refractivity contribution in [1.29, 1.82) is 0 Å². The maximum atomic E-state index is 12.7. The van der Waals surface area contributed by atoms with Crippen LogP contribution in [0.15, 0.2) is 18.2 Å². The van der Waals surface area contributed by atoms with E-state index >= 15 is 0 Å². The Bertz CT molecular complexity index is 611. The second-order valence-electron chi connectivity index (χ2n) is 4.18. The lowest BCUT2D eigenvalue weighted by Crippen LogP contribution is -2.17. The van der Waals surface area contributed by atoms with Gasteiger partial charge in [-0.2, -0.15) is 13.2 Å². The molecule has 0 saturated carbocycles. The molecule has 5 nitrogen and oxygen atoms in total. The number of aromatic nitrogens is 2. The molecular weight excluding hydrogens is 303 g/mol. The number of nitrogens with zero attached hydrogens (tertiary/aromatic N) is 2. The number of hydrogen-bond acceptors (Lipinski definition) is 6. The highest BCUT2D eigenvalue weighted by molar-refractivity contribution is 7.12. The fraction of sp³-hybridized carbons (Fsp3) is 0.333. The van der Waals surface area contributed by atoms with Crippen LogP contribution in [0.5, 0.6) is 0 Å². The number of thiophene rings is 1. The summed E-state index contributed by atoms with van der Waals surface area (Å²) in [5, 5.41) is 2.85. The van der Waals surface area contributed by atoms with Crippen molar-refractivity contribution in [3.8, 4) is 0 Å². The molecule has 0 fully saturated rings. The summed E-state index contributed by atoms with van der Waals surface area (Å²) >= 11 is 1.60. The zero-order chi connectivity index (χ0) is 15.5. The summed E-state index contributed by atoms with van der Waals surface area (Å²) < 4.78 is 38.0. The molecule has 0 unspecified atom stereocenters. The van der Waals surface area contributed by atoms with Crippen LogP contribution >= 0.6 is 11.3 Å². The van der Waals surface area contributed by atoms with Gasteiger partial charge in [0.05, 0.1) is 6.54 Å². The molecule has 0 aromatic carbocycles. The van der Waals surface area contributed by atoms with E-state index in [9.17, 15) is 13.2 Å². The molecule has 0 aliphatic heterocycles. The van der Waals surface area contributed by atoms with Crippen molar-refractivity contribution in [2.24, 2.45) is 5.84 Å². The van der Waals surface area contributed by atoms with Crippen LogP contribution in [0.3, 0.4) is 0 Å². The van der Waals surface area contributed by atoms with Gasteiger partial charge in [-0.05, 0) is 18.6 Å². The average molecular weight is 317 g/mol. The third kappa shape index (κ3) is 4.05. The van der Waals surface area contributed by atoms with Gasteiger partial charge in [-0.15, -0.1) is 11.3 Å². The maximum absolute atomic E-state index is 12.7. The van der Waals surface area contributed by atoms with Crippen LogP contribution in [0, 0.1) is 0 Å². The van der Waals surface area contributed by atoms with Crippen LogP contribution in [-0.4, -0.2) is 9.97 Å². The number of hydrogen-bond donors (Lipinski definition) is 3. The zero-order valence-corrected chi connectivity index (χ0v) is 12.0. The summed E-state index contributed by atoms with van der Waals surface area (Å²) in [4.78, 5) is 8.97. The lowest BCUT2D eigenvalue weighted by Gasteiger charge is -2.10. The van der Waals surface area contributed by atoms with Crippen LogP contribution in [0.25, 0.3) is 0 Å². The zero-order valence-electron chi connectivity index (χ0n) is 11.2. The molecule has 21 heavy (non-hydrogen) atoms. The second-order valence-corrected chi connectivity index (χ2v) is 5.43. The Morgan fingerprint density at radius 3 is 2.43 bits per heavy atom. The van der Waals surface area contributed by atoms with Gasteiger partial charge in [-0.1, -0.05) is 6.92 Å². The Morgan fingerprint density at radius 1 is 1.19 bits per heavy atom. The first-order valence-corrected chi connectivity index (χ1v) is 6.98. The van der Waals surface area contributed by atoms with Gasteiger partial charge in [-0.3, -0.25) is 0 Å². The first-order valence-electron chi connectivity index (χ1n) is 6.16. The average Bonchev–Trinajstić information content (AvgIpc) is 2.92. The standard InChI is InChI=1S/C12H14F3N5S/c1-2-7-3-4-8(21-7)6-17-9-5-10(20-16)19-11(18-9)12(13,14)15/h3-5H,2,6,16H2,1H3,(H2,17,18,19,20). The number of rotatable bonds is 5. The first-order chi connectivity index (χ1) is 9.92. The second kappa shape index (κ2) is 6.27. The van der Waals surface area contributed by atoms with Gasteiger partial charge >= 0.3 is 6.18 Å². The lowest BCUT2D eigenvalue weighted by atomic mass is 10.3. The van der Waals surface area contributed by atoms with Gasteiger partial charge in [0.25, 0.3) is 0 Å². The van der Waals surface area contributed by atoms with E-state index < -0.39 is 12.0 Å². The van der Waals surface area contributed by atoms with Gasteiger partial charge in [0.2, 0.25) is 5.82 Å². The van der Waals surface area contributed by atoms with E-state index in [0.29, 0.717) is 6.54 Å². The van der Waals surface area contributed by atoms with Gasteiger partial charge in [0.1, 0.15) is 11.6 Å². The monoisotopic (exact) mass is 317 g/mol. The van der Waals surface area contributed by atoms with Crippen LogP contribution < -0.4 is 16.6 Å². The van der Waals surface area contributed by atoms with Crippen molar-refractivity contribution in [3.63, 3.8) is 0 Å². The SMILES string of the molecule is CCc1ccc(CNc2cc(NN)nc(C(F)(F)F)n2)s1. The van der Waals surface area contributed by atoms with Crippen LogP contribution in [0.2, 0.25) is 0 Å². The first kappa shape index (κ1) is 15.5. The lowest BCUT2D eigenvalue weighted by molar-refractivity contribution is -0.144. The van der Waals surface area contributed by atoms with Crippen molar-refractivity contribution in [3.05, 3.63) is 33.8 Å². The molecule has 0 saturated heterocycles. The third-order valence-corrected chi connectivity index (χ3v) is 3.87. The highest BCUT2D eigenvalue weighted by Gasteiger charge is 2.35. The molecule has 0 aliphatic rings. The number of aryl methyl sites for hydroxylation is 1. The molecule has 114 valence electrons. The van der Waals surface area contributed by atoms with Crippen molar-refractivity contribution >= 4 is 23.0 Å². The molecule has 2 rings (SSSR count). The van der Waals surface area contributed by atoms with E-state index in [0.717, 1.165) is 11.3 Å². The topological polar surface area (TPSA) is 75.9 Å². The van der Waals surface area contributed by atoms with Crippen LogP contribution in [0.1, 0.15) is 22.5 Å². The summed E-state index contributed by atoms with van der Waals surface area (Å²) in [6, 6.07) is 5.25. The van der Waals surface area contributed by atoms with Crippen LogP contribution in [0.4, 0.5) is 24.8 Å². The van der Waals surface area contributed by atoms with Gasteiger partial charge in [0.15, 0.2) is 0 Å². The largest absolute Gasteiger partial charge is 0.451 e. The molecule has 0 radical (unpaired) electrons. The molecule has 0 atom stereocenters. The number of hydrazine groups is 1. The molecule has 2 aromatic heterocycles. The predicted molar refractivity (Wildman–Crippen MR) is 75.9 cm³/mol. The number of nitrogens with one attached hydrogen (secondary N) is 2. The van der Waals surface area contributed by atoms with E-state index in [1.807, 2.05) is 19.1 Å². The molecular formula is C12H14F3N5S. The van der Waals surface area contributed by atoms with Gasteiger partial charge in [-0.25, -0.2) is 15.8 Å². The summed E-state index contributed by atoms with van der Waals surface area (Å²) in [5.74, 6) is 3.86. The highest BCUT2D eigenvalue weighted by Crippen LogP contribution is 2.28. The number of halogens is 3. The third-order valence-electron chi connectivity index (χ3n) is 2.64. The van der Waals surface area contributed by atoms with Crippen molar-refractivity contribution in [2.45, 2.75) is 26.1 Å². The van der Waals surface area contributed by atoms with E-state index in [4.69, 9.17) is 5.84 Å². The van der Waals surface area contributed by atoms with E-state index in [1.54, 1.807) is 11.3 Å². The summed E-state index contributed by atoms with van der Waals surface area (Å²) in [7, 11) is 0. The smallest absolute Gasteiger partial charge is 0.365 e. The predicted octanol–water partition coefficient (Wildman–Crippen LogP) is 3.02.